The molecule has 4 rings (SSSR count). The van der Waals surface area contributed by atoms with Crippen molar-refractivity contribution in [3.63, 3.8) is 0 Å². The van der Waals surface area contributed by atoms with E-state index in [-0.39, 0.29) is 5.91 Å². The van der Waals surface area contributed by atoms with Crippen LogP contribution in [-0.2, 0) is 4.79 Å². The zero-order chi connectivity index (χ0) is 17.4. The van der Waals surface area contributed by atoms with Crippen LogP contribution >= 0.6 is 22.9 Å². The van der Waals surface area contributed by atoms with Gasteiger partial charge >= 0.3 is 0 Å². The number of carbonyl (C=O) groups is 1. The van der Waals surface area contributed by atoms with E-state index in [0.717, 1.165) is 33.3 Å². The first kappa shape index (κ1) is 15.9. The summed E-state index contributed by atoms with van der Waals surface area (Å²) in [6.07, 6.45) is 1.80. The van der Waals surface area contributed by atoms with Crippen LogP contribution in [0.15, 0.2) is 47.8 Å². The lowest BCUT2D eigenvalue weighted by Gasteiger charge is -2.01. The van der Waals surface area contributed by atoms with Crippen LogP contribution in [0.4, 0.5) is 5.69 Å². The summed E-state index contributed by atoms with van der Waals surface area (Å²) in [7, 11) is 1.64. The molecule has 0 radical (unpaired) electrons. The van der Waals surface area contributed by atoms with Crippen molar-refractivity contribution in [1.82, 2.24) is 4.98 Å². The van der Waals surface area contributed by atoms with E-state index in [4.69, 9.17) is 16.3 Å². The van der Waals surface area contributed by atoms with Crippen LogP contribution < -0.4 is 10.1 Å². The first-order valence-electron chi connectivity index (χ1n) is 7.57. The minimum absolute atomic E-state index is 0.145. The van der Waals surface area contributed by atoms with Crippen molar-refractivity contribution in [2.24, 2.45) is 0 Å². The van der Waals surface area contributed by atoms with Gasteiger partial charge in [0.15, 0.2) is 0 Å². The monoisotopic (exact) mass is 368 g/mol. The van der Waals surface area contributed by atoms with E-state index in [1.165, 1.54) is 11.3 Å². The summed E-state index contributed by atoms with van der Waals surface area (Å²) in [6, 6.07) is 13.1. The van der Waals surface area contributed by atoms with E-state index in [2.05, 4.69) is 10.3 Å². The predicted molar refractivity (Wildman–Crippen MR) is 102 cm³/mol. The molecule has 6 heteroatoms. The van der Waals surface area contributed by atoms with Crippen molar-refractivity contribution in [3.8, 4) is 16.3 Å². The van der Waals surface area contributed by atoms with Crippen molar-refractivity contribution >= 4 is 46.2 Å². The molecule has 0 atom stereocenters. The average molecular weight is 369 g/mol. The van der Waals surface area contributed by atoms with Crippen LogP contribution in [0, 0.1) is 0 Å². The molecule has 124 valence electrons. The lowest BCUT2D eigenvalue weighted by Crippen LogP contribution is -2.03. The number of halogens is 1. The maximum Gasteiger partial charge on any atom is 0.256 e. The highest BCUT2D eigenvalue weighted by atomic mass is 35.5. The number of methoxy groups -OCH3 is 1. The van der Waals surface area contributed by atoms with Gasteiger partial charge in [-0.3, -0.25) is 4.79 Å². The van der Waals surface area contributed by atoms with Gasteiger partial charge in [-0.15, -0.1) is 11.3 Å². The summed E-state index contributed by atoms with van der Waals surface area (Å²) in [5, 5.41) is 6.23. The van der Waals surface area contributed by atoms with Gasteiger partial charge in [-0.2, -0.15) is 0 Å². The Morgan fingerprint density at radius 3 is 2.96 bits per heavy atom. The van der Waals surface area contributed by atoms with E-state index >= 15 is 0 Å². The predicted octanol–water partition coefficient (Wildman–Crippen LogP) is 4.96. The molecule has 0 saturated heterocycles. The molecule has 0 bridgehead atoms. The number of rotatable bonds is 3. The standard InChI is InChI=1S/C19H13ClN2O2S/c1-24-14-4-2-3-11(7-14)19-21-13(10-25-19)9-16-15-6-5-12(20)8-17(15)22-18(16)23/h2-10H,1H3,(H,22,23)/b16-9-. The number of ether oxygens (including phenoxy) is 1. The SMILES string of the molecule is COc1cccc(-c2nc(/C=C3\C(=O)Nc4cc(Cl)ccc43)cs2)c1. The van der Waals surface area contributed by atoms with E-state index < -0.39 is 0 Å². The number of anilines is 1. The molecule has 2 heterocycles. The van der Waals surface area contributed by atoms with Gasteiger partial charge in [-0.05, 0) is 30.3 Å². The van der Waals surface area contributed by atoms with Crippen molar-refractivity contribution in [2.75, 3.05) is 12.4 Å². The summed E-state index contributed by atoms with van der Waals surface area (Å²) in [5.74, 6) is 0.641. The number of nitrogens with zero attached hydrogens (tertiary/aromatic N) is 1. The fourth-order valence-electron chi connectivity index (χ4n) is 2.70. The molecular formula is C19H13ClN2O2S. The summed E-state index contributed by atoms with van der Waals surface area (Å²) in [4.78, 5) is 16.9. The first-order valence-corrected chi connectivity index (χ1v) is 8.83. The molecule has 0 saturated carbocycles. The maximum atomic E-state index is 12.2. The Balaban J connectivity index is 1.69. The number of fused-ring (bicyclic) bond motifs is 1. The molecule has 1 aromatic heterocycles. The van der Waals surface area contributed by atoms with Gasteiger partial charge in [0.25, 0.3) is 5.91 Å². The first-order chi connectivity index (χ1) is 12.1. The summed E-state index contributed by atoms with van der Waals surface area (Å²) in [5.41, 5.74) is 3.89. The molecule has 1 amide bonds. The molecule has 1 N–H and O–H groups in total. The van der Waals surface area contributed by atoms with Crippen molar-refractivity contribution in [1.29, 1.82) is 0 Å². The van der Waals surface area contributed by atoms with Gasteiger partial charge in [0.05, 0.1) is 24.1 Å². The lowest BCUT2D eigenvalue weighted by atomic mass is 10.1. The minimum Gasteiger partial charge on any atom is -0.497 e. The fraction of sp³-hybridized carbons (Fsp3) is 0.0526. The van der Waals surface area contributed by atoms with Gasteiger partial charge in [-0.25, -0.2) is 4.98 Å². The smallest absolute Gasteiger partial charge is 0.256 e. The molecule has 25 heavy (non-hydrogen) atoms. The van der Waals surface area contributed by atoms with Crippen molar-refractivity contribution < 1.29 is 9.53 Å². The molecule has 1 aliphatic rings. The van der Waals surface area contributed by atoms with Crippen molar-refractivity contribution in [2.45, 2.75) is 0 Å². The Hall–Kier alpha value is -2.63. The number of aromatic nitrogens is 1. The normalized spacial score (nSPS) is 14.5. The van der Waals surface area contributed by atoms with Crippen LogP contribution in [-0.4, -0.2) is 18.0 Å². The Morgan fingerprint density at radius 2 is 2.12 bits per heavy atom. The third-order valence-corrected chi connectivity index (χ3v) is 5.04. The average Bonchev–Trinajstić information content (AvgIpc) is 3.20. The summed E-state index contributed by atoms with van der Waals surface area (Å²) < 4.78 is 5.25. The van der Waals surface area contributed by atoms with Gasteiger partial charge in [0, 0.05) is 21.5 Å². The van der Waals surface area contributed by atoms with Gasteiger partial charge in [0.1, 0.15) is 10.8 Å². The van der Waals surface area contributed by atoms with E-state index in [1.807, 2.05) is 35.7 Å². The highest BCUT2D eigenvalue weighted by molar-refractivity contribution is 7.13. The Bertz CT molecular complexity index is 1010. The third kappa shape index (κ3) is 3.04. The molecule has 0 unspecified atom stereocenters. The van der Waals surface area contributed by atoms with E-state index in [0.29, 0.717) is 10.6 Å². The summed E-state index contributed by atoms with van der Waals surface area (Å²) in [6.45, 7) is 0. The number of thiazole rings is 1. The number of hydrogen-bond acceptors (Lipinski definition) is 4. The van der Waals surface area contributed by atoms with Gasteiger partial charge in [-0.1, -0.05) is 29.8 Å². The van der Waals surface area contributed by atoms with Crippen LogP contribution in [0.2, 0.25) is 5.02 Å². The quantitative estimate of drug-likeness (QED) is 0.664. The fourth-order valence-corrected chi connectivity index (χ4v) is 3.65. The Morgan fingerprint density at radius 1 is 1.24 bits per heavy atom. The number of benzene rings is 2. The highest BCUT2D eigenvalue weighted by Crippen LogP contribution is 2.35. The second-order valence-electron chi connectivity index (χ2n) is 5.51. The second kappa shape index (κ2) is 6.35. The van der Waals surface area contributed by atoms with Crippen LogP contribution in [0.25, 0.3) is 22.2 Å². The van der Waals surface area contributed by atoms with E-state index in [1.54, 1.807) is 25.3 Å². The largest absolute Gasteiger partial charge is 0.497 e. The molecule has 0 aliphatic carbocycles. The molecule has 3 aromatic rings. The molecule has 4 nitrogen and oxygen atoms in total. The Kier molecular flexibility index (Phi) is 4.03. The zero-order valence-electron chi connectivity index (χ0n) is 13.2. The maximum absolute atomic E-state index is 12.2. The van der Waals surface area contributed by atoms with Crippen LogP contribution in [0.3, 0.4) is 0 Å². The molecular weight excluding hydrogens is 356 g/mol. The molecule has 0 spiro atoms. The number of nitrogens with one attached hydrogen (secondary N) is 1. The zero-order valence-corrected chi connectivity index (χ0v) is 14.8. The number of amides is 1. The topological polar surface area (TPSA) is 51.2 Å². The molecule has 0 fully saturated rings. The minimum atomic E-state index is -0.145. The van der Waals surface area contributed by atoms with Crippen LogP contribution in [0.5, 0.6) is 5.75 Å². The number of hydrogen-bond donors (Lipinski definition) is 1. The third-order valence-electron chi connectivity index (χ3n) is 3.90. The molecule has 2 aromatic carbocycles. The van der Waals surface area contributed by atoms with E-state index in [9.17, 15) is 4.79 Å². The lowest BCUT2D eigenvalue weighted by molar-refractivity contribution is -0.110. The van der Waals surface area contributed by atoms with Crippen molar-refractivity contribution in [3.05, 3.63) is 64.1 Å². The summed E-state index contributed by atoms with van der Waals surface area (Å²) >= 11 is 7.51. The molecule has 1 aliphatic heterocycles. The van der Waals surface area contributed by atoms with Crippen LogP contribution in [0.1, 0.15) is 11.3 Å². The van der Waals surface area contributed by atoms with Gasteiger partial charge < -0.3 is 10.1 Å². The van der Waals surface area contributed by atoms with Gasteiger partial charge in [0.2, 0.25) is 0 Å². The Labute approximate surface area is 153 Å². The number of carbonyl (C=O) groups excluding carboxylic acids is 1. The second-order valence-corrected chi connectivity index (χ2v) is 6.81. The highest BCUT2D eigenvalue weighted by Gasteiger charge is 2.24.